The molecule has 2 aromatic carbocycles. The Hall–Kier alpha value is -3.31. The van der Waals surface area contributed by atoms with Crippen LogP contribution in [0.2, 0.25) is 0 Å². The number of benzene rings is 2. The van der Waals surface area contributed by atoms with Gasteiger partial charge in [0.15, 0.2) is 6.61 Å². The molecule has 33 heavy (non-hydrogen) atoms. The normalized spacial score (nSPS) is 10.9. The molecule has 11 heteroatoms. The highest BCUT2D eigenvalue weighted by atomic mass is 32.2. The Labute approximate surface area is 197 Å². The molecule has 2 heterocycles. The van der Waals surface area contributed by atoms with Crippen LogP contribution in [0.5, 0.6) is 5.75 Å². The molecule has 0 saturated carbocycles. The lowest BCUT2D eigenvalue weighted by Crippen LogP contribution is -2.22. The fraction of sp³-hybridized carbons (Fsp3) is 0.227. The van der Waals surface area contributed by atoms with Crippen LogP contribution in [0.25, 0.3) is 0 Å². The van der Waals surface area contributed by atoms with Crippen LogP contribution in [0.15, 0.2) is 52.1 Å². The third kappa shape index (κ3) is 6.36. The van der Waals surface area contributed by atoms with E-state index in [1.807, 2.05) is 32.0 Å². The second kappa shape index (κ2) is 10.5. The first-order valence-corrected chi connectivity index (χ1v) is 11.8. The van der Waals surface area contributed by atoms with E-state index in [4.69, 9.17) is 9.15 Å². The van der Waals surface area contributed by atoms with Crippen molar-refractivity contribution < 1.29 is 18.3 Å². The van der Waals surface area contributed by atoms with Gasteiger partial charge in [0.2, 0.25) is 5.01 Å². The van der Waals surface area contributed by atoms with Crippen molar-refractivity contribution in [2.24, 2.45) is 0 Å². The van der Waals surface area contributed by atoms with Gasteiger partial charge in [0.1, 0.15) is 16.6 Å². The van der Waals surface area contributed by atoms with E-state index in [0.717, 1.165) is 22.4 Å². The number of carbonyl (C=O) groups excluding carboxylic acids is 1. The zero-order chi connectivity index (χ0) is 23.2. The number of carbonyl (C=O) groups is 1. The summed E-state index contributed by atoms with van der Waals surface area (Å²) >= 11 is 2.49. The fourth-order valence-corrected chi connectivity index (χ4v) is 4.27. The Morgan fingerprint density at radius 2 is 1.94 bits per heavy atom. The van der Waals surface area contributed by atoms with Gasteiger partial charge in [0, 0.05) is 6.54 Å². The monoisotopic (exact) mass is 485 g/mol. The SMILES string of the molecule is Cc1ccc(C)c(OCc2nnc(SCc3nnc(C(=O)NCc4ccc(F)cc4)s3)o2)c1. The Balaban J connectivity index is 1.25. The molecule has 0 aliphatic carbocycles. The Bertz CT molecular complexity index is 1240. The average Bonchev–Trinajstić information content (AvgIpc) is 3.47. The van der Waals surface area contributed by atoms with Crippen molar-refractivity contribution in [2.45, 2.75) is 38.0 Å². The number of nitrogens with one attached hydrogen (secondary N) is 1. The number of nitrogens with zero attached hydrogens (tertiary/aromatic N) is 4. The largest absolute Gasteiger partial charge is 0.484 e. The van der Waals surface area contributed by atoms with Gasteiger partial charge < -0.3 is 14.5 Å². The van der Waals surface area contributed by atoms with Gasteiger partial charge in [0.25, 0.3) is 17.0 Å². The van der Waals surface area contributed by atoms with Crippen LogP contribution in [0, 0.1) is 19.7 Å². The summed E-state index contributed by atoms with van der Waals surface area (Å²) < 4.78 is 24.4. The first-order valence-electron chi connectivity index (χ1n) is 9.96. The summed E-state index contributed by atoms with van der Waals surface area (Å²) in [4.78, 5) is 12.3. The van der Waals surface area contributed by atoms with Crippen LogP contribution in [-0.4, -0.2) is 26.3 Å². The highest BCUT2D eigenvalue weighted by molar-refractivity contribution is 7.98. The molecule has 0 radical (unpaired) electrons. The Morgan fingerprint density at radius 3 is 2.76 bits per heavy atom. The molecular formula is C22H20FN5O3S2. The summed E-state index contributed by atoms with van der Waals surface area (Å²) in [5.74, 6) is 0.927. The molecule has 8 nitrogen and oxygen atoms in total. The fourth-order valence-electron chi connectivity index (χ4n) is 2.74. The summed E-state index contributed by atoms with van der Waals surface area (Å²) in [5.41, 5.74) is 2.93. The molecule has 0 saturated heterocycles. The van der Waals surface area contributed by atoms with Crippen molar-refractivity contribution in [3.63, 3.8) is 0 Å². The van der Waals surface area contributed by atoms with Crippen LogP contribution in [0.1, 0.15) is 37.4 Å². The van der Waals surface area contributed by atoms with Crippen LogP contribution in [0.3, 0.4) is 0 Å². The zero-order valence-corrected chi connectivity index (χ0v) is 19.5. The molecule has 0 atom stereocenters. The van der Waals surface area contributed by atoms with Crippen molar-refractivity contribution in [1.29, 1.82) is 0 Å². The number of aromatic nitrogens is 4. The zero-order valence-electron chi connectivity index (χ0n) is 17.9. The number of halogens is 1. The maximum absolute atomic E-state index is 13.0. The minimum absolute atomic E-state index is 0.176. The van der Waals surface area contributed by atoms with Gasteiger partial charge in [-0.3, -0.25) is 4.79 Å². The number of thioether (sulfide) groups is 1. The molecule has 0 fully saturated rings. The molecule has 4 aromatic rings. The van der Waals surface area contributed by atoms with Crippen molar-refractivity contribution in [1.82, 2.24) is 25.7 Å². The van der Waals surface area contributed by atoms with Gasteiger partial charge >= 0.3 is 0 Å². The van der Waals surface area contributed by atoms with E-state index in [-0.39, 0.29) is 29.9 Å². The molecule has 0 spiro atoms. The van der Waals surface area contributed by atoms with E-state index in [2.05, 4.69) is 25.7 Å². The highest BCUT2D eigenvalue weighted by Crippen LogP contribution is 2.25. The maximum atomic E-state index is 13.0. The predicted molar refractivity (Wildman–Crippen MR) is 122 cm³/mol. The first-order chi connectivity index (χ1) is 16.0. The van der Waals surface area contributed by atoms with Gasteiger partial charge in [-0.15, -0.1) is 20.4 Å². The molecule has 0 aliphatic heterocycles. The molecular weight excluding hydrogens is 465 g/mol. The summed E-state index contributed by atoms with van der Waals surface area (Å²) in [6.45, 7) is 4.43. The van der Waals surface area contributed by atoms with Gasteiger partial charge in [-0.05, 0) is 48.7 Å². The lowest BCUT2D eigenvalue weighted by atomic mass is 10.1. The van der Waals surface area contributed by atoms with E-state index in [0.29, 0.717) is 21.9 Å². The van der Waals surface area contributed by atoms with Gasteiger partial charge in [0.05, 0.1) is 5.75 Å². The standard InChI is InChI=1S/C22H20FN5O3S2/c1-13-3-4-14(2)17(9-13)30-11-18-25-28-22(31-18)32-12-19-26-27-21(33-19)20(29)24-10-15-5-7-16(23)8-6-15/h3-9H,10-12H2,1-2H3,(H,24,29). The Morgan fingerprint density at radius 1 is 1.12 bits per heavy atom. The third-order valence-corrected chi connectivity index (χ3v) is 6.42. The topological polar surface area (TPSA) is 103 Å². The minimum Gasteiger partial charge on any atom is -0.484 e. The summed E-state index contributed by atoms with van der Waals surface area (Å²) in [6, 6.07) is 11.9. The molecule has 0 bridgehead atoms. The van der Waals surface area contributed by atoms with Gasteiger partial charge in [-0.2, -0.15) is 0 Å². The van der Waals surface area contributed by atoms with Gasteiger partial charge in [-0.1, -0.05) is 47.4 Å². The second-order valence-corrected chi connectivity index (χ2v) is 9.11. The molecule has 0 aliphatic rings. The number of aryl methyl sites for hydroxylation is 2. The van der Waals surface area contributed by atoms with E-state index < -0.39 is 0 Å². The predicted octanol–water partition coefficient (Wildman–Crippen LogP) is 4.48. The molecule has 0 unspecified atom stereocenters. The van der Waals surface area contributed by atoms with E-state index in [1.165, 1.54) is 35.2 Å². The average molecular weight is 486 g/mol. The number of amides is 1. The highest BCUT2D eigenvalue weighted by Gasteiger charge is 2.15. The molecule has 1 amide bonds. The Kier molecular flexibility index (Phi) is 7.30. The summed E-state index contributed by atoms with van der Waals surface area (Å²) in [6.07, 6.45) is 0. The van der Waals surface area contributed by atoms with E-state index in [9.17, 15) is 9.18 Å². The number of hydrogen-bond acceptors (Lipinski definition) is 9. The van der Waals surface area contributed by atoms with Crippen LogP contribution >= 0.6 is 23.1 Å². The molecule has 170 valence electrons. The van der Waals surface area contributed by atoms with Crippen LogP contribution in [0.4, 0.5) is 4.39 Å². The van der Waals surface area contributed by atoms with Crippen molar-refractivity contribution in [2.75, 3.05) is 0 Å². The van der Waals surface area contributed by atoms with Crippen molar-refractivity contribution in [3.8, 4) is 5.75 Å². The van der Waals surface area contributed by atoms with Gasteiger partial charge in [-0.25, -0.2) is 4.39 Å². The lowest BCUT2D eigenvalue weighted by Gasteiger charge is -2.07. The molecule has 1 N–H and O–H groups in total. The maximum Gasteiger partial charge on any atom is 0.282 e. The smallest absolute Gasteiger partial charge is 0.282 e. The van der Waals surface area contributed by atoms with Crippen molar-refractivity contribution in [3.05, 3.63) is 80.9 Å². The second-order valence-electron chi connectivity index (χ2n) is 7.12. The first kappa shape index (κ1) is 22.9. The summed E-state index contributed by atoms with van der Waals surface area (Å²) in [7, 11) is 0. The quantitative estimate of drug-likeness (QED) is 0.346. The molecule has 4 rings (SSSR count). The number of rotatable bonds is 9. The molecule has 2 aromatic heterocycles. The third-order valence-electron chi connectivity index (χ3n) is 4.49. The van der Waals surface area contributed by atoms with E-state index >= 15 is 0 Å². The number of ether oxygens (including phenoxy) is 1. The number of hydrogen-bond donors (Lipinski definition) is 1. The summed E-state index contributed by atoms with van der Waals surface area (Å²) in [5, 5.41) is 20.0. The lowest BCUT2D eigenvalue weighted by molar-refractivity contribution is 0.0950. The van der Waals surface area contributed by atoms with Crippen LogP contribution in [-0.2, 0) is 18.9 Å². The van der Waals surface area contributed by atoms with Crippen molar-refractivity contribution >= 4 is 29.0 Å². The van der Waals surface area contributed by atoms with Crippen LogP contribution < -0.4 is 10.1 Å². The van der Waals surface area contributed by atoms with E-state index in [1.54, 1.807) is 12.1 Å². The minimum atomic E-state index is -0.336.